The SMILES string of the molecule is COc1ccc([C@H](Cc2c(Cl)c[n+]([O-])cc2Cl)OC(=O)c2ccc(COC(=O)c3cccc(C(NC(=O)OC(C)(C)C)c4ccccc4)c3)cc2)cc1OC. The summed E-state index contributed by atoms with van der Waals surface area (Å²) >= 11 is 12.7. The number of pyridine rings is 1. The first kappa shape index (κ1) is 40.4. The summed E-state index contributed by atoms with van der Waals surface area (Å²) in [6.45, 7) is 5.27. The van der Waals surface area contributed by atoms with Crippen LogP contribution in [0.4, 0.5) is 4.79 Å². The molecule has 0 saturated heterocycles. The first-order valence-electron chi connectivity index (χ1n) is 17.1. The molecule has 2 atom stereocenters. The minimum atomic E-state index is -0.887. The maximum Gasteiger partial charge on any atom is 0.408 e. The van der Waals surface area contributed by atoms with Gasteiger partial charge in [-0.25, -0.2) is 14.4 Å². The Balaban J connectivity index is 1.28. The second kappa shape index (κ2) is 18.0. The van der Waals surface area contributed by atoms with E-state index in [1.165, 1.54) is 26.6 Å². The number of hydrogen-bond acceptors (Lipinski definition) is 9. The number of benzene rings is 4. The largest absolute Gasteiger partial charge is 0.619 e. The molecule has 0 radical (unpaired) electrons. The number of amides is 1. The smallest absolute Gasteiger partial charge is 0.408 e. The first-order chi connectivity index (χ1) is 26.2. The molecule has 0 aliphatic carbocycles. The summed E-state index contributed by atoms with van der Waals surface area (Å²) in [6.07, 6.45) is 0.912. The van der Waals surface area contributed by atoms with Crippen LogP contribution in [0.15, 0.2) is 109 Å². The van der Waals surface area contributed by atoms with E-state index in [0.29, 0.717) is 38.5 Å². The number of rotatable bonds is 13. The van der Waals surface area contributed by atoms with Crippen molar-refractivity contribution in [1.82, 2.24) is 5.32 Å². The zero-order chi connectivity index (χ0) is 39.7. The Morgan fingerprint density at radius 2 is 1.40 bits per heavy atom. The Hall–Kier alpha value is -5.78. The highest BCUT2D eigenvalue weighted by Crippen LogP contribution is 2.35. The van der Waals surface area contributed by atoms with Crippen LogP contribution in [0, 0.1) is 5.21 Å². The van der Waals surface area contributed by atoms with Gasteiger partial charge in [-0.3, -0.25) is 0 Å². The van der Waals surface area contributed by atoms with Crippen LogP contribution in [0.1, 0.15) is 81.5 Å². The molecular weight excluding hydrogens is 747 g/mol. The lowest BCUT2D eigenvalue weighted by molar-refractivity contribution is -0.605. The standard InChI is InChI=1S/C42H40Cl2N2O9/c1-42(2,3)55-41(49)45-38(27-10-7-6-8-11-27)30-12-9-13-31(20-30)39(47)53-25-26-14-16-28(17-15-26)40(48)54-36(22-32-33(43)23-46(50)24-34(32)44)29-18-19-35(51-4)37(21-29)52-5/h6-21,23-24,36,38H,22,25H2,1-5H3,(H,45,49)/t36-,38?/m0/s1. The van der Waals surface area contributed by atoms with Crippen molar-refractivity contribution in [2.45, 2.75) is 51.5 Å². The van der Waals surface area contributed by atoms with Crippen molar-refractivity contribution in [3.05, 3.63) is 164 Å². The quantitative estimate of drug-likeness (QED) is 0.0538. The fraction of sp³-hybridized carbons (Fsp3) is 0.238. The third-order valence-electron chi connectivity index (χ3n) is 8.29. The van der Waals surface area contributed by atoms with Gasteiger partial charge in [0.2, 0.25) is 0 Å². The Labute approximate surface area is 329 Å². The Morgan fingerprint density at radius 1 is 0.745 bits per heavy atom. The average molecular weight is 788 g/mol. The lowest BCUT2D eigenvalue weighted by Crippen LogP contribution is -2.35. The highest BCUT2D eigenvalue weighted by Gasteiger charge is 2.25. The van der Waals surface area contributed by atoms with Crippen LogP contribution in [0.3, 0.4) is 0 Å². The van der Waals surface area contributed by atoms with Gasteiger partial charge in [-0.2, -0.15) is 4.73 Å². The maximum atomic E-state index is 13.5. The molecular formula is C42H40Cl2N2O9. The first-order valence-corrected chi connectivity index (χ1v) is 17.9. The number of aromatic nitrogens is 1. The van der Waals surface area contributed by atoms with Gasteiger partial charge in [-0.1, -0.05) is 83.9 Å². The molecule has 0 aliphatic heterocycles. The van der Waals surface area contributed by atoms with E-state index < -0.39 is 35.8 Å². The van der Waals surface area contributed by atoms with Crippen molar-refractivity contribution in [3.8, 4) is 11.5 Å². The summed E-state index contributed by atoms with van der Waals surface area (Å²) in [5.74, 6) is -0.319. The van der Waals surface area contributed by atoms with E-state index in [1.807, 2.05) is 36.4 Å². The molecule has 1 amide bonds. The van der Waals surface area contributed by atoms with Crippen LogP contribution in [0.25, 0.3) is 0 Å². The molecule has 5 aromatic rings. The molecule has 1 heterocycles. The van der Waals surface area contributed by atoms with Crippen LogP contribution in [-0.4, -0.2) is 37.9 Å². The molecule has 1 N–H and O–H groups in total. The van der Waals surface area contributed by atoms with Crippen molar-refractivity contribution < 1.29 is 42.8 Å². The Kier molecular flexibility index (Phi) is 13.2. The van der Waals surface area contributed by atoms with Gasteiger partial charge >= 0.3 is 18.0 Å². The molecule has 55 heavy (non-hydrogen) atoms. The summed E-state index contributed by atoms with van der Waals surface area (Å²) in [5, 5.41) is 15.0. The monoisotopic (exact) mass is 786 g/mol. The minimum Gasteiger partial charge on any atom is -0.619 e. The summed E-state index contributed by atoms with van der Waals surface area (Å²) in [5.41, 5.74) is 2.90. The van der Waals surface area contributed by atoms with Crippen molar-refractivity contribution >= 4 is 41.2 Å². The number of alkyl carbamates (subject to hydrolysis) is 1. The van der Waals surface area contributed by atoms with Gasteiger partial charge in [0.1, 0.15) is 28.4 Å². The number of methoxy groups -OCH3 is 2. The molecule has 286 valence electrons. The van der Waals surface area contributed by atoms with E-state index in [2.05, 4.69) is 5.32 Å². The minimum absolute atomic E-state index is 0.0537. The van der Waals surface area contributed by atoms with Gasteiger partial charge in [0, 0.05) is 12.0 Å². The molecule has 0 spiro atoms. The lowest BCUT2D eigenvalue weighted by atomic mass is 9.97. The topological polar surface area (TPSA) is 136 Å². The third-order valence-corrected chi connectivity index (χ3v) is 8.94. The Morgan fingerprint density at radius 3 is 2.04 bits per heavy atom. The fourth-order valence-electron chi connectivity index (χ4n) is 5.63. The van der Waals surface area contributed by atoms with Crippen molar-refractivity contribution in [1.29, 1.82) is 0 Å². The average Bonchev–Trinajstić information content (AvgIpc) is 3.16. The van der Waals surface area contributed by atoms with Gasteiger partial charge in [0.05, 0.1) is 31.4 Å². The van der Waals surface area contributed by atoms with Crippen LogP contribution < -0.4 is 19.5 Å². The number of ether oxygens (including phenoxy) is 5. The molecule has 0 fully saturated rings. The number of nitrogens with zero attached hydrogens (tertiary/aromatic N) is 1. The van der Waals surface area contributed by atoms with Crippen molar-refractivity contribution in [2.24, 2.45) is 0 Å². The summed E-state index contributed by atoms with van der Waals surface area (Å²) in [4.78, 5) is 39.4. The summed E-state index contributed by atoms with van der Waals surface area (Å²) in [7, 11) is 3.00. The maximum absolute atomic E-state index is 13.5. The zero-order valence-corrected chi connectivity index (χ0v) is 32.4. The van der Waals surface area contributed by atoms with Gasteiger partial charge in [-0.05, 0) is 79.4 Å². The second-order valence-electron chi connectivity index (χ2n) is 13.4. The number of nitrogens with one attached hydrogen (secondary N) is 1. The highest BCUT2D eigenvalue weighted by molar-refractivity contribution is 6.35. The van der Waals surface area contributed by atoms with E-state index in [9.17, 15) is 19.6 Å². The molecule has 11 nitrogen and oxygen atoms in total. The third kappa shape index (κ3) is 10.9. The molecule has 1 aromatic heterocycles. The van der Waals surface area contributed by atoms with Gasteiger partial charge in [0.25, 0.3) is 0 Å². The number of hydrogen-bond donors (Lipinski definition) is 1. The second-order valence-corrected chi connectivity index (χ2v) is 14.2. The fourth-order valence-corrected chi connectivity index (χ4v) is 6.23. The number of carbonyl (C=O) groups excluding carboxylic acids is 3. The van der Waals surface area contributed by atoms with Crippen LogP contribution in [0.5, 0.6) is 11.5 Å². The molecule has 0 bridgehead atoms. The van der Waals surface area contributed by atoms with Gasteiger partial charge in [-0.15, -0.1) is 0 Å². The van der Waals surface area contributed by atoms with E-state index in [4.69, 9.17) is 46.9 Å². The summed E-state index contributed by atoms with van der Waals surface area (Å²) < 4.78 is 28.4. The molecule has 4 aromatic carbocycles. The van der Waals surface area contributed by atoms with Crippen LogP contribution >= 0.6 is 23.2 Å². The van der Waals surface area contributed by atoms with E-state index in [0.717, 1.165) is 5.56 Å². The van der Waals surface area contributed by atoms with E-state index >= 15 is 0 Å². The van der Waals surface area contributed by atoms with Crippen LogP contribution in [-0.2, 0) is 27.2 Å². The van der Waals surface area contributed by atoms with Gasteiger partial charge < -0.3 is 34.2 Å². The molecule has 0 saturated carbocycles. The zero-order valence-electron chi connectivity index (χ0n) is 30.8. The number of carbonyl (C=O) groups is 3. The molecule has 1 unspecified atom stereocenters. The number of esters is 2. The van der Waals surface area contributed by atoms with E-state index in [1.54, 1.807) is 81.4 Å². The molecule has 13 heteroatoms. The lowest BCUT2D eigenvalue weighted by Gasteiger charge is -2.24. The van der Waals surface area contributed by atoms with Crippen molar-refractivity contribution in [2.75, 3.05) is 14.2 Å². The normalized spacial score (nSPS) is 12.2. The predicted octanol–water partition coefficient (Wildman–Crippen LogP) is 8.76. The summed E-state index contributed by atoms with van der Waals surface area (Å²) in [6, 6.07) is 27.1. The van der Waals surface area contributed by atoms with E-state index in [-0.39, 0.29) is 34.2 Å². The predicted molar refractivity (Wildman–Crippen MR) is 206 cm³/mol. The highest BCUT2D eigenvalue weighted by atomic mass is 35.5. The van der Waals surface area contributed by atoms with Crippen molar-refractivity contribution in [3.63, 3.8) is 0 Å². The molecule has 5 rings (SSSR count). The number of halogens is 2. The van der Waals surface area contributed by atoms with Gasteiger partial charge in [0.15, 0.2) is 23.9 Å². The Bertz CT molecular complexity index is 2120. The van der Waals surface area contributed by atoms with Crippen LogP contribution in [0.2, 0.25) is 10.0 Å². The molecule has 0 aliphatic rings.